The van der Waals surface area contributed by atoms with Crippen molar-refractivity contribution in [2.75, 3.05) is 13.2 Å². The second-order valence-electron chi connectivity index (χ2n) is 17.6. The van der Waals surface area contributed by atoms with Crippen LogP contribution in [0.5, 0.6) is 0 Å². The highest BCUT2D eigenvalue weighted by atomic mass is 16.8. The van der Waals surface area contributed by atoms with E-state index in [1.807, 2.05) is 37.3 Å². The lowest BCUT2D eigenvalue weighted by atomic mass is 9.74. The molecule has 2 aliphatic heterocycles. The van der Waals surface area contributed by atoms with Crippen molar-refractivity contribution in [3.05, 3.63) is 48.0 Å². The first-order valence-corrected chi connectivity index (χ1v) is 23.6. The van der Waals surface area contributed by atoms with Gasteiger partial charge in [-0.2, -0.15) is 0 Å². The minimum Gasteiger partial charge on any atom is -0.479 e. The highest BCUT2D eigenvalue weighted by Crippen LogP contribution is 2.57. The van der Waals surface area contributed by atoms with Gasteiger partial charge in [0.1, 0.15) is 18.3 Å². The normalized spacial score (nSPS) is 25.3. The number of carboxylic acid groups (broad SMARTS) is 3. The number of rotatable bonds is 35. The van der Waals surface area contributed by atoms with E-state index in [1.54, 1.807) is 0 Å². The Balaban J connectivity index is 1.89. The van der Waals surface area contributed by atoms with Crippen LogP contribution in [0.2, 0.25) is 0 Å². The molecule has 1 aromatic carbocycles. The fraction of sp³-hybridized carbons (Fsp3) is 0.755. The van der Waals surface area contributed by atoms with Gasteiger partial charge in [0.05, 0.1) is 0 Å². The second kappa shape index (κ2) is 27.1. The van der Waals surface area contributed by atoms with E-state index in [9.17, 15) is 39.6 Å². The first kappa shape index (κ1) is 53.0. The number of esters is 1. The van der Waals surface area contributed by atoms with Crippen molar-refractivity contribution < 1.29 is 63.3 Å². The van der Waals surface area contributed by atoms with Gasteiger partial charge >= 0.3 is 23.9 Å². The fourth-order valence-electron chi connectivity index (χ4n) is 9.21. The number of carbonyl (C=O) groups excluding carboxylic acids is 1. The van der Waals surface area contributed by atoms with Gasteiger partial charge in [0.15, 0.2) is 5.79 Å². The molecule has 1 aromatic rings. The number of unbranched alkanes of at least 4 members (excludes halogenated alkanes) is 18. The summed E-state index contributed by atoms with van der Waals surface area (Å²) in [6.45, 7) is 11.4. The highest BCUT2D eigenvalue weighted by molar-refractivity contribution is 5.98. The summed E-state index contributed by atoms with van der Waals surface area (Å²) in [6, 6.07) is 9.59. The Hall–Kier alpha value is -3.36. The molecule has 0 spiro atoms. The molecule has 4 unspecified atom stereocenters. The lowest BCUT2D eigenvalue weighted by Crippen LogP contribution is -2.79. The van der Waals surface area contributed by atoms with Crippen LogP contribution in [0.3, 0.4) is 0 Å². The predicted octanol–water partition coefficient (Wildman–Crippen LogP) is 9.59. The van der Waals surface area contributed by atoms with E-state index in [4.69, 9.17) is 23.7 Å². The van der Waals surface area contributed by atoms with Crippen molar-refractivity contribution in [1.82, 2.24) is 0 Å². The summed E-state index contributed by atoms with van der Waals surface area (Å²) in [4.78, 5) is 52.9. The summed E-state index contributed by atoms with van der Waals surface area (Å²) < 4.78 is 30.3. The monoisotopic (exact) mass is 875 g/mol. The summed E-state index contributed by atoms with van der Waals surface area (Å²) in [5.74, 6) is -8.79. The molecular formula is C49H78O13. The number of carboxylic acids is 3. The van der Waals surface area contributed by atoms with E-state index >= 15 is 0 Å². The quantitative estimate of drug-likeness (QED) is 0.0286. The molecule has 0 saturated carbocycles. The maximum absolute atomic E-state index is 13.8. The van der Waals surface area contributed by atoms with Gasteiger partial charge in [-0.15, -0.1) is 0 Å². The highest BCUT2D eigenvalue weighted by Gasteiger charge is 2.86. The number of hydrogen-bond donors (Lipinski definition) is 4. The maximum atomic E-state index is 13.8. The summed E-state index contributed by atoms with van der Waals surface area (Å²) >= 11 is 0. The molecule has 13 nitrogen and oxygen atoms in total. The molecule has 0 aliphatic carbocycles. The number of benzene rings is 1. The van der Waals surface area contributed by atoms with Gasteiger partial charge in [0, 0.05) is 32.5 Å². The number of hydrogen-bond acceptors (Lipinski definition) is 10. The topological polar surface area (TPSA) is 195 Å². The van der Waals surface area contributed by atoms with Crippen LogP contribution in [0.4, 0.5) is 0 Å². The molecule has 4 N–H and O–H groups in total. The van der Waals surface area contributed by atoms with Gasteiger partial charge in [-0.3, -0.25) is 4.79 Å². The number of aliphatic carboxylic acids is 3. The SMILES string of the molecule is C=C(CCC12OC(C(=O)O)C(OCCCCCCCCCCCC)(C(=O)O)C(C(=O)O)(O1)[C@H](OCCCCCCCCCCCC)[C@H]2O)[C@@H](OC(C)=O)[C@H](C)Cc1ccccc1. The standard InChI is InChI=1S/C49H78O13/c1-6-8-10-12-14-16-18-20-22-27-33-58-42-41(51)47(32-31-36(3)40(60-38(5)50)37(4)35-39-29-25-24-26-30-39)61-43(44(52)53)48(45(54)55,49(42,62-47)46(56)57)59-34-28-23-21-19-17-15-13-11-9-7-2/h24-26,29-30,37,40-43,51H,3,6-23,27-28,31-35H2,1-2,4-5H3,(H,52,53)(H,54,55)(H,56,57)/t37-,40-,41-,42-,43?,47?,48?,49?/m1/s1. The van der Waals surface area contributed by atoms with Gasteiger partial charge in [-0.25, -0.2) is 14.4 Å². The third kappa shape index (κ3) is 14.1. The molecule has 2 aliphatic rings. The number of carbonyl (C=O) groups is 4. The zero-order chi connectivity index (χ0) is 45.6. The van der Waals surface area contributed by atoms with Crippen molar-refractivity contribution in [1.29, 1.82) is 0 Å². The van der Waals surface area contributed by atoms with Crippen LogP contribution in [0, 0.1) is 5.92 Å². The average molecular weight is 875 g/mol. The van der Waals surface area contributed by atoms with Crippen LogP contribution >= 0.6 is 0 Å². The summed E-state index contributed by atoms with van der Waals surface area (Å²) in [7, 11) is 0. The molecule has 2 heterocycles. The van der Waals surface area contributed by atoms with Crippen LogP contribution in [0.15, 0.2) is 42.5 Å². The van der Waals surface area contributed by atoms with Crippen LogP contribution in [0.25, 0.3) is 0 Å². The van der Waals surface area contributed by atoms with Crippen molar-refractivity contribution >= 4 is 23.9 Å². The number of ether oxygens (including phenoxy) is 5. The Labute approximate surface area is 370 Å². The van der Waals surface area contributed by atoms with Crippen LogP contribution in [-0.2, 0) is 49.3 Å². The molecule has 13 heteroatoms. The van der Waals surface area contributed by atoms with E-state index in [-0.39, 0.29) is 32.0 Å². The number of fused-ring (bicyclic) bond motifs is 2. The zero-order valence-electron chi connectivity index (χ0n) is 38.1. The third-order valence-corrected chi connectivity index (χ3v) is 12.6. The summed E-state index contributed by atoms with van der Waals surface area (Å²) in [6.07, 6.45) is 13.0. The Morgan fingerprint density at radius 2 is 1.24 bits per heavy atom. The second-order valence-corrected chi connectivity index (χ2v) is 17.6. The van der Waals surface area contributed by atoms with Crippen LogP contribution in [-0.4, -0.2) is 98.9 Å². The molecule has 8 atom stereocenters. The first-order chi connectivity index (χ1) is 29.7. The smallest absolute Gasteiger partial charge is 0.343 e. The molecule has 0 amide bonds. The van der Waals surface area contributed by atoms with Gasteiger partial charge in [0.25, 0.3) is 0 Å². The van der Waals surface area contributed by atoms with Gasteiger partial charge in [-0.1, -0.05) is 173 Å². The number of aliphatic hydroxyl groups is 1. The average Bonchev–Trinajstić information content (AvgIpc) is 3.45. The summed E-state index contributed by atoms with van der Waals surface area (Å²) in [5.41, 5.74) is -4.83. The van der Waals surface area contributed by atoms with Crippen molar-refractivity contribution in [2.45, 2.75) is 217 Å². The molecule has 62 heavy (non-hydrogen) atoms. The Morgan fingerprint density at radius 3 is 1.71 bits per heavy atom. The van der Waals surface area contributed by atoms with Crippen molar-refractivity contribution in [3.63, 3.8) is 0 Å². The van der Waals surface area contributed by atoms with E-state index in [0.717, 1.165) is 63.4 Å². The number of aliphatic hydroxyl groups excluding tert-OH is 1. The van der Waals surface area contributed by atoms with Crippen LogP contribution < -0.4 is 0 Å². The summed E-state index contributed by atoms with van der Waals surface area (Å²) in [5, 5.41) is 45.0. The van der Waals surface area contributed by atoms with Crippen molar-refractivity contribution in [3.8, 4) is 0 Å². The molecule has 0 aromatic heterocycles. The Morgan fingerprint density at radius 1 is 0.742 bits per heavy atom. The largest absolute Gasteiger partial charge is 0.479 e. The zero-order valence-corrected chi connectivity index (χ0v) is 38.1. The van der Waals surface area contributed by atoms with E-state index in [2.05, 4.69) is 20.4 Å². The molecule has 352 valence electrons. The lowest BCUT2D eigenvalue weighted by molar-refractivity contribution is -0.380. The Bertz CT molecular complexity index is 1520. The molecule has 0 radical (unpaired) electrons. The van der Waals surface area contributed by atoms with Crippen molar-refractivity contribution in [2.24, 2.45) is 5.92 Å². The first-order valence-electron chi connectivity index (χ1n) is 23.6. The Kier molecular flexibility index (Phi) is 23.1. The maximum Gasteiger partial charge on any atom is 0.343 e. The van der Waals surface area contributed by atoms with E-state index < -0.39 is 65.3 Å². The van der Waals surface area contributed by atoms with Gasteiger partial charge in [0.2, 0.25) is 17.3 Å². The molecule has 2 bridgehead atoms. The lowest BCUT2D eigenvalue weighted by Gasteiger charge is -2.51. The minimum atomic E-state index is -3.16. The predicted molar refractivity (Wildman–Crippen MR) is 236 cm³/mol. The molecular weight excluding hydrogens is 797 g/mol. The van der Waals surface area contributed by atoms with Crippen LogP contribution in [0.1, 0.15) is 175 Å². The van der Waals surface area contributed by atoms with E-state index in [1.165, 1.54) is 58.3 Å². The molecule has 3 rings (SSSR count). The minimum absolute atomic E-state index is 0.0587. The third-order valence-electron chi connectivity index (χ3n) is 12.6. The van der Waals surface area contributed by atoms with E-state index in [0.29, 0.717) is 31.3 Å². The van der Waals surface area contributed by atoms with Gasteiger partial charge in [-0.05, 0) is 36.8 Å². The fourth-order valence-corrected chi connectivity index (χ4v) is 9.21. The molecule has 2 saturated heterocycles. The molecule has 2 fully saturated rings. The van der Waals surface area contributed by atoms with Gasteiger partial charge < -0.3 is 44.1 Å².